The van der Waals surface area contributed by atoms with E-state index in [1.54, 1.807) is 19.9 Å². The van der Waals surface area contributed by atoms with E-state index >= 15 is 0 Å². The largest absolute Gasteiger partial charge is 0.387 e. The second-order valence-corrected chi connectivity index (χ2v) is 5.23. The molecule has 1 heterocycles. The van der Waals surface area contributed by atoms with Gasteiger partial charge < -0.3 is 10.4 Å². The smallest absolute Gasteiger partial charge is 0.314 e. The maximum absolute atomic E-state index is 11.0. The second-order valence-electron chi connectivity index (χ2n) is 4.37. The van der Waals surface area contributed by atoms with Gasteiger partial charge in [-0.2, -0.15) is 11.8 Å². The number of hydrogen-bond donors (Lipinski definition) is 2. The molecular weight excluding hydrogens is 254 g/mol. The molecule has 1 aromatic rings. The summed E-state index contributed by atoms with van der Waals surface area (Å²) in [5.74, 6) is 0.737. The lowest BCUT2D eigenvalue weighted by molar-refractivity contribution is -0.384. The first-order valence-corrected chi connectivity index (χ1v) is 6.82. The third kappa shape index (κ3) is 3.85. The summed E-state index contributed by atoms with van der Waals surface area (Å²) >= 11 is 1.51. The summed E-state index contributed by atoms with van der Waals surface area (Å²) in [5.41, 5.74) is -0.432. The van der Waals surface area contributed by atoms with Crippen molar-refractivity contribution in [3.05, 3.63) is 27.9 Å². The van der Waals surface area contributed by atoms with Gasteiger partial charge in [-0.1, -0.05) is 0 Å². The van der Waals surface area contributed by atoms with Crippen molar-refractivity contribution in [2.24, 2.45) is 0 Å². The third-order valence-corrected chi connectivity index (χ3v) is 3.31. The number of pyridine rings is 1. The normalized spacial score (nSPS) is 14.0. The van der Waals surface area contributed by atoms with Gasteiger partial charge >= 0.3 is 5.69 Å². The molecule has 7 heteroatoms. The van der Waals surface area contributed by atoms with Gasteiger partial charge in [-0.3, -0.25) is 10.1 Å². The predicted octanol–water partition coefficient (Wildman–Crippen LogP) is 1.82. The Kier molecular flexibility index (Phi) is 4.92. The van der Waals surface area contributed by atoms with Crippen molar-refractivity contribution in [3.63, 3.8) is 0 Å². The van der Waals surface area contributed by atoms with Crippen molar-refractivity contribution < 1.29 is 10.0 Å². The number of aromatic nitrogens is 1. The molecular formula is C11H17N3O3S. The Morgan fingerprint density at radius 1 is 1.67 bits per heavy atom. The highest BCUT2D eigenvalue weighted by Gasteiger charge is 2.23. The second kappa shape index (κ2) is 6.01. The highest BCUT2D eigenvalue weighted by Crippen LogP contribution is 2.26. The van der Waals surface area contributed by atoms with Gasteiger partial charge in [-0.25, -0.2) is 4.98 Å². The summed E-state index contributed by atoms with van der Waals surface area (Å²) < 4.78 is 0. The fourth-order valence-electron chi connectivity index (χ4n) is 1.55. The topological polar surface area (TPSA) is 88.3 Å². The Labute approximate surface area is 110 Å². The Hall–Kier alpha value is -1.34. The van der Waals surface area contributed by atoms with E-state index in [9.17, 15) is 15.2 Å². The molecule has 0 aliphatic rings. The van der Waals surface area contributed by atoms with Gasteiger partial charge in [0.15, 0.2) is 0 Å². The highest BCUT2D eigenvalue weighted by molar-refractivity contribution is 7.98. The molecule has 0 radical (unpaired) electrons. The molecule has 0 bridgehead atoms. The maximum Gasteiger partial charge on any atom is 0.314 e. The van der Waals surface area contributed by atoms with Gasteiger partial charge in [0.25, 0.3) is 0 Å². The SMILES string of the molecule is CSCC(C)(O)CNc1nccc(C)c1[N+](=O)[O-]. The first-order chi connectivity index (χ1) is 8.37. The van der Waals surface area contributed by atoms with Crippen LogP contribution in [-0.4, -0.2) is 39.2 Å². The zero-order valence-electron chi connectivity index (χ0n) is 10.6. The van der Waals surface area contributed by atoms with E-state index in [0.29, 0.717) is 11.3 Å². The van der Waals surface area contributed by atoms with Crippen LogP contribution in [0.25, 0.3) is 0 Å². The van der Waals surface area contributed by atoms with Crippen LogP contribution in [0.1, 0.15) is 12.5 Å². The predicted molar refractivity (Wildman–Crippen MR) is 73.1 cm³/mol. The van der Waals surface area contributed by atoms with E-state index in [4.69, 9.17) is 0 Å². The highest BCUT2D eigenvalue weighted by atomic mass is 32.2. The standard InChI is InChI=1S/C11H17N3O3S/c1-8-4-5-12-10(9(8)14(16)17)13-6-11(2,15)7-18-3/h4-5,15H,6-7H2,1-3H3,(H,12,13). The van der Waals surface area contributed by atoms with E-state index in [2.05, 4.69) is 10.3 Å². The van der Waals surface area contributed by atoms with Crippen molar-refractivity contribution in [1.82, 2.24) is 4.98 Å². The van der Waals surface area contributed by atoms with Gasteiger partial charge in [0.1, 0.15) is 0 Å². The number of aliphatic hydroxyl groups is 1. The molecule has 0 saturated carbocycles. The van der Waals surface area contributed by atoms with Gasteiger partial charge in [-0.05, 0) is 26.2 Å². The van der Waals surface area contributed by atoms with Crippen LogP contribution in [0.5, 0.6) is 0 Å². The Morgan fingerprint density at radius 3 is 2.89 bits per heavy atom. The summed E-state index contributed by atoms with van der Waals surface area (Å²) in [7, 11) is 0. The molecule has 0 amide bonds. The Bertz CT molecular complexity index is 438. The molecule has 6 nitrogen and oxygen atoms in total. The summed E-state index contributed by atoms with van der Waals surface area (Å²) in [5, 5.41) is 23.8. The monoisotopic (exact) mass is 271 g/mol. The minimum absolute atomic E-state index is 0.0440. The molecule has 0 aromatic carbocycles. The summed E-state index contributed by atoms with van der Waals surface area (Å²) in [6.07, 6.45) is 3.40. The fraction of sp³-hybridized carbons (Fsp3) is 0.545. The van der Waals surface area contributed by atoms with Crippen LogP contribution in [0, 0.1) is 17.0 Å². The Morgan fingerprint density at radius 2 is 2.33 bits per heavy atom. The number of nitrogens with zero attached hydrogens (tertiary/aromatic N) is 2. The van der Waals surface area contributed by atoms with E-state index in [1.807, 2.05) is 6.26 Å². The van der Waals surface area contributed by atoms with Crippen molar-refractivity contribution in [2.75, 3.05) is 23.9 Å². The zero-order chi connectivity index (χ0) is 13.8. The molecule has 0 fully saturated rings. The van der Waals surface area contributed by atoms with E-state index in [0.717, 1.165) is 0 Å². The molecule has 0 spiro atoms. The van der Waals surface area contributed by atoms with Crippen LogP contribution in [0.2, 0.25) is 0 Å². The van der Waals surface area contributed by atoms with Crippen LogP contribution >= 0.6 is 11.8 Å². The van der Waals surface area contributed by atoms with Crippen LogP contribution in [0.4, 0.5) is 11.5 Å². The molecule has 100 valence electrons. The number of thioether (sulfide) groups is 1. The van der Waals surface area contributed by atoms with Gasteiger partial charge in [-0.15, -0.1) is 0 Å². The van der Waals surface area contributed by atoms with Crippen molar-refractivity contribution in [2.45, 2.75) is 19.4 Å². The van der Waals surface area contributed by atoms with Crippen LogP contribution in [-0.2, 0) is 0 Å². The number of rotatable bonds is 6. The van der Waals surface area contributed by atoms with E-state index < -0.39 is 10.5 Å². The number of nitrogens with one attached hydrogen (secondary N) is 1. The number of aryl methyl sites for hydroxylation is 1. The summed E-state index contributed by atoms with van der Waals surface area (Å²) in [6, 6.07) is 1.59. The molecule has 0 aliphatic carbocycles. The van der Waals surface area contributed by atoms with Crippen LogP contribution < -0.4 is 5.32 Å². The molecule has 1 unspecified atom stereocenters. The number of anilines is 1. The van der Waals surface area contributed by atoms with Gasteiger partial charge in [0.05, 0.1) is 10.5 Å². The minimum atomic E-state index is -0.932. The molecule has 1 aromatic heterocycles. The minimum Gasteiger partial charge on any atom is -0.387 e. The van der Waals surface area contributed by atoms with Gasteiger partial charge in [0, 0.05) is 24.1 Å². The van der Waals surface area contributed by atoms with E-state index in [1.165, 1.54) is 18.0 Å². The van der Waals surface area contributed by atoms with Crippen LogP contribution in [0.3, 0.4) is 0 Å². The van der Waals surface area contributed by atoms with Crippen molar-refractivity contribution >= 4 is 23.3 Å². The zero-order valence-corrected chi connectivity index (χ0v) is 11.5. The maximum atomic E-state index is 11.0. The lowest BCUT2D eigenvalue weighted by atomic mass is 10.1. The average molecular weight is 271 g/mol. The van der Waals surface area contributed by atoms with Crippen LogP contribution in [0.15, 0.2) is 12.3 Å². The quantitative estimate of drug-likeness (QED) is 0.606. The molecule has 1 atom stereocenters. The first kappa shape index (κ1) is 14.7. The lowest BCUT2D eigenvalue weighted by Gasteiger charge is -2.22. The summed E-state index contributed by atoms with van der Waals surface area (Å²) in [4.78, 5) is 14.4. The lowest BCUT2D eigenvalue weighted by Crippen LogP contribution is -2.36. The Balaban J connectivity index is 2.85. The fourth-order valence-corrected chi connectivity index (χ4v) is 2.27. The molecule has 1 rings (SSSR count). The summed E-state index contributed by atoms with van der Waals surface area (Å²) in [6.45, 7) is 3.55. The first-order valence-electron chi connectivity index (χ1n) is 5.42. The van der Waals surface area contributed by atoms with Crippen molar-refractivity contribution in [3.8, 4) is 0 Å². The average Bonchev–Trinajstić information content (AvgIpc) is 2.26. The number of hydrogen-bond acceptors (Lipinski definition) is 6. The molecule has 0 saturated heterocycles. The third-order valence-electron chi connectivity index (χ3n) is 2.40. The molecule has 18 heavy (non-hydrogen) atoms. The number of nitro groups is 1. The van der Waals surface area contributed by atoms with Crippen molar-refractivity contribution in [1.29, 1.82) is 0 Å². The molecule has 0 aliphatic heterocycles. The van der Waals surface area contributed by atoms with Gasteiger partial charge in [0.2, 0.25) is 5.82 Å². The molecule has 2 N–H and O–H groups in total. The van der Waals surface area contributed by atoms with E-state index in [-0.39, 0.29) is 18.1 Å².